The van der Waals surface area contributed by atoms with Gasteiger partial charge in [-0.25, -0.2) is 0 Å². The summed E-state index contributed by atoms with van der Waals surface area (Å²) in [4.78, 5) is 62.2. The van der Waals surface area contributed by atoms with Crippen molar-refractivity contribution in [2.45, 2.75) is 109 Å². The number of benzene rings is 2. The van der Waals surface area contributed by atoms with Gasteiger partial charge < -0.3 is 25.1 Å². The first-order chi connectivity index (χ1) is 24.7. The fourth-order valence-electron chi connectivity index (χ4n) is 8.95. The highest BCUT2D eigenvalue weighted by Crippen LogP contribution is 2.30. The average Bonchev–Trinajstić information content (AvgIpc) is 3.38. The summed E-state index contributed by atoms with van der Waals surface area (Å²) in [5.41, 5.74) is 2.10. The Morgan fingerprint density at radius 3 is 2.16 bits per heavy atom. The van der Waals surface area contributed by atoms with E-state index in [-0.39, 0.29) is 35.8 Å². The van der Waals surface area contributed by atoms with Gasteiger partial charge in [0.25, 0.3) is 0 Å². The van der Waals surface area contributed by atoms with E-state index in [0.717, 1.165) is 49.8 Å². The molecule has 4 atom stereocenters. The Bertz CT molecular complexity index is 1490. The Kier molecular flexibility index (Phi) is 12.3. The van der Waals surface area contributed by atoms with E-state index in [2.05, 4.69) is 36.2 Å². The molecule has 0 bridgehead atoms. The molecule has 1 aliphatic carbocycles. The van der Waals surface area contributed by atoms with Crippen LogP contribution in [0.5, 0.6) is 5.75 Å². The van der Waals surface area contributed by atoms with E-state index in [1.54, 1.807) is 17.0 Å². The fraction of sp³-hybridized carbons (Fsp3) is 0.610. The van der Waals surface area contributed by atoms with Crippen LogP contribution in [0.15, 0.2) is 54.6 Å². The first-order valence-electron chi connectivity index (χ1n) is 19.4. The minimum Gasteiger partial charge on any atom is -0.508 e. The zero-order valence-electron chi connectivity index (χ0n) is 30.6. The van der Waals surface area contributed by atoms with Gasteiger partial charge in [-0.15, -0.1) is 0 Å². The van der Waals surface area contributed by atoms with E-state index in [0.29, 0.717) is 57.4 Å². The Labute approximate surface area is 303 Å². The Balaban J connectivity index is 1.23. The Hall–Kier alpha value is -3.92. The molecule has 0 radical (unpaired) electrons. The maximum absolute atomic E-state index is 14.2. The second-order valence-electron chi connectivity index (χ2n) is 15.9. The van der Waals surface area contributed by atoms with Crippen LogP contribution in [0.4, 0.5) is 0 Å². The molecule has 4 amide bonds. The van der Waals surface area contributed by atoms with Gasteiger partial charge in [0.15, 0.2) is 0 Å². The molecule has 10 heteroatoms. The molecule has 0 unspecified atom stereocenters. The summed E-state index contributed by atoms with van der Waals surface area (Å²) in [5, 5.41) is 12.8. The van der Waals surface area contributed by atoms with Crippen molar-refractivity contribution in [1.29, 1.82) is 0 Å². The number of aromatic hydroxyl groups is 1. The number of hydrogen-bond donors (Lipinski definition) is 2. The van der Waals surface area contributed by atoms with Gasteiger partial charge in [-0.05, 0) is 86.6 Å². The van der Waals surface area contributed by atoms with Crippen molar-refractivity contribution in [3.63, 3.8) is 0 Å². The van der Waals surface area contributed by atoms with Crippen LogP contribution in [0.3, 0.4) is 0 Å². The molecule has 2 aromatic carbocycles. The van der Waals surface area contributed by atoms with Crippen molar-refractivity contribution in [3.8, 4) is 5.75 Å². The number of nitrogens with zero attached hydrogens (tertiary/aromatic N) is 4. The highest BCUT2D eigenvalue weighted by atomic mass is 16.3. The van der Waals surface area contributed by atoms with Gasteiger partial charge in [0.05, 0.1) is 12.1 Å². The van der Waals surface area contributed by atoms with Crippen LogP contribution in [-0.2, 0) is 32.0 Å². The topological polar surface area (TPSA) is 113 Å². The van der Waals surface area contributed by atoms with E-state index < -0.39 is 17.7 Å². The maximum atomic E-state index is 14.2. The van der Waals surface area contributed by atoms with E-state index in [1.807, 2.05) is 40.1 Å². The van der Waals surface area contributed by atoms with Crippen LogP contribution in [0, 0.1) is 11.8 Å². The number of phenolic OH excluding ortho intramolecular Hbond substituents is 1. The number of carbonyl (C=O) groups is 4. The van der Waals surface area contributed by atoms with Gasteiger partial charge in [0.2, 0.25) is 0 Å². The molecule has 10 nitrogen and oxygen atoms in total. The lowest BCUT2D eigenvalue weighted by molar-refractivity contribution is -0.162. The number of piperazine rings is 2. The number of rotatable bonds is 13. The Morgan fingerprint density at radius 1 is 0.745 bits per heavy atom. The fourth-order valence-corrected chi connectivity index (χ4v) is 8.95. The standard InChI is InChI=1S/C41H57N5O5/c1-29(2)21-35-28-46(41(51)40(50)44(35)25-32-13-6-3-4-7-14-32)36(23-31-16-18-37(47)19-17-31)26-43-20-10-15-33(43)27-45-34(24-42-38(48)39(45)49)22-30-11-8-5-9-12-30/h5,8-9,11-12,16-19,29,32-36,47H,3-4,6-7,10,13-15,20-28H2,1-2H3,(H,42,48)/t33-,34-,35-,36-/m0/s1. The molecule has 4 fully saturated rings. The summed E-state index contributed by atoms with van der Waals surface area (Å²) in [6.45, 7) is 7.75. The molecule has 0 aromatic heterocycles. The maximum Gasteiger partial charge on any atom is 0.312 e. The summed E-state index contributed by atoms with van der Waals surface area (Å²) in [5.74, 6) is -0.851. The molecular formula is C41H57N5O5. The van der Waals surface area contributed by atoms with Crippen molar-refractivity contribution < 1.29 is 24.3 Å². The van der Waals surface area contributed by atoms with Crippen molar-refractivity contribution >= 4 is 23.6 Å². The van der Waals surface area contributed by atoms with Gasteiger partial charge in [-0.2, -0.15) is 0 Å². The molecule has 2 N–H and O–H groups in total. The number of carbonyl (C=O) groups excluding carboxylic acids is 4. The summed E-state index contributed by atoms with van der Waals surface area (Å²) in [6.07, 6.45) is 11.0. The molecule has 6 rings (SSSR count). The summed E-state index contributed by atoms with van der Waals surface area (Å²) in [6, 6.07) is 16.7. The van der Waals surface area contributed by atoms with E-state index >= 15 is 0 Å². The molecule has 2 aromatic rings. The summed E-state index contributed by atoms with van der Waals surface area (Å²) in [7, 11) is 0. The largest absolute Gasteiger partial charge is 0.508 e. The number of likely N-dealkylation sites (tertiary alicyclic amines) is 1. The van der Waals surface area contributed by atoms with Crippen LogP contribution in [0.2, 0.25) is 0 Å². The second kappa shape index (κ2) is 17.1. The highest BCUT2D eigenvalue weighted by Gasteiger charge is 2.44. The molecule has 3 aliphatic heterocycles. The molecule has 0 spiro atoms. The highest BCUT2D eigenvalue weighted by molar-refractivity contribution is 6.36. The second-order valence-corrected chi connectivity index (χ2v) is 15.9. The van der Waals surface area contributed by atoms with Crippen LogP contribution < -0.4 is 5.32 Å². The predicted octanol–water partition coefficient (Wildman–Crippen LogP) is 4.39. The predicted molar refractivity (Wildman–Crippen MR) is 197 cm³/mol. The minimum atomic E-state index is -0.559. The molecule has 4 aliphatic rings. The summed E-state index contributed by atoms with van der Waals surface area (Å²) >= 11 is 0. The van der Waals surface area contributed by atoms with Crippen LogP contribution in [0.25, 0.3) is 0 Å². The number of phenols is 1. The van der Waals surface area contributed by atoms with E-state index in [9.17, 15) is 24.3 Å². The normalized spacial score (nSPS) is 24.7. The molecule has 51 heavy (non-hydrogen) atoms. The zero-order valence-corrected chi connectivity index (χ0v) is 30.6. The van der Waals surface area contributed by atoms with Crippen molar-refractivity contribution in [2.75, 3.05) is 39.3 Å². The average molecular weight is 700 g/mol. The summed E-state index contributed by atoms with van der Waals surface area (Å²) < 4.78 is 0. The van der Waals surface area contributed by atoms with Gasteiger partial charge in [0.1, 0.15) is 5.75 Å². The Morgan fingerprint density at radius 2 is 1.45 bits per heavy atom. The van der Waals surface area contributed by atoms with Crippen molar-refractivity contribution in [2.24, 2.45) is 11.8 Å². The number of nitrogens with one attached hydrogen (secondary N) is 1. The molecular weight excluding hydrogens is 642 g/mol. The van der Waals surface area contributed by atoms with Crippen LogP contribution >= 0.6 is 0 Å². The minimum absolute atomic E-state index is 0.0224. The monoisotopic (exact) mass is 699 g/mol. The van der Waals surface area contributed by atoms with Crippen molar-refractivity contribution in [3.05, 3.63) is 65.7 Å². The third-order valence-electron chi connectivity index (χ3n) is 11.6. The van der Waals surface area contributed by atoms with E-state index in [4.69, 9.17) is 0 Å². The third kappa shape index (κ3) is 9.31. The lowest BCUT2D eigenvalue weighted by Crippen LogP contribution is -2.65. The zero-order chi connectivity index (χ0) is 35.9. The lowest BCUT2D eigenvalue weighted by atomic mass is 9.93. The number of amides is 4. The van der Waals surface area contributed by atoms with Gasteiger partial charge in [0, 0.05) is 44.8 Å². The van der Waals surface area contributed by atoms with Gasteiger partial charge in [-0.3, -0.25) is 24.1 Å². The first kappa shape index (κ1) is 36.9. The van der Waals surface area contributed by atoms with Crippen LogP contribution in [-0.4, -0.2) is 112 Å². The van der Waals surface area contributed by atoms with E-state index in [1.165, 1.54) is 25.7 Å². The number of hydrogen-bond acceptors (Lipinski definition) is 6. The quantitative estimate of drug-likeness (QED) is 0.237. The van der Waals surface area contributed by atoms with Crippen molar-refractivity contribution in [1.82, 2.24) is 24.9 Å². The molecule has 1 saturated carbocycles. The molecule has 3 heterocycles. The lowest BCUT2D eigenvalue weighted by Gasteiger charge is -2.46. The van der Waals surface area contributed by atoms with Crippen LogP contribution in [0.1, 0.15) is 82.8 Å². The molecule has 3 saturated heterocycles. The molecule has 276 valence electrons. The first-order valence-corrected chi connectivity index (χ1v) is 19.4. The SMILES string of the molecule is CC(C)C[C@H]1CN([C@@H](Cc2ccc(O)cc2)CN2CCC[C@H]2CN2C(=O)C(=O)NC[C@@H]2Cc2ccccc2)C(=O)C(=O)N1CC1CCCCCC1. The third-order valence-corrected chi connectivity index (χ3v) is 11.6. The van der Waals surface area contributed by atoms with Gasteiger partial charge in [-0.1, -0.05) is 82.0 Å². The smallest absolute Gasteiger partial charge is 0.312 e. The van der Waals surface area contributed by atoms with Gasteiger partial charge >= 0.3 is 23.6 Å².